The standard InChI is InChI=1S/C22H25BrN4O4S/c1-2-4-17-5-3-6-18(22(17)29)15-24-25-21(28)16-26-11-13-27(14-12-26)32(30,31)20-9-7-19(23)8-10-20/h2-3,5-10,15,29H,1,4,11-14,16H2,(H,25,28). The molecule has 3 rings (SSSR count). The molecule has 0 saturated carbocycles. The number of benzene rings is 2. The van der Waals surface area contributed by atoms with Gasteiger partial charge in [-0.3, -0.25) is 9.69 Å². The topological polar surface area (TPSA) is 102 Å². The molecule has 8 nitrogen and oxygen atoms in total. The van der Waals surface area contributed by atoms with Crippen LogP contribution in [0.15, 0.2) is 69.6 Å². The first-order valence-corrected chi connectivity index (χ1v) is 12.3. The Morgan fingerprint density at radius 2 is 1.84 bits per heavy atom. The molecule has 0 aliphatic carbocycles. The first-order chi connectivity index (χ1) is 15.3. The minimum atomic E-state index is -3.56. The van der Waals surface area contributed by atoms with Crippen LogP contribution in [0.5, 0.6) is 5.75 Å². The highest BCUT2D eigenvalue weighted by Gasteiger charge is 2.28. The van der Waals surface area contributed by atoms with Gasteiger partial charge in [0.25, 0.3) is 5.91 Å². The minimum Gasteiger partial charge on any atom is -0.507 e. The van der Waals surface area contributed by atoms with E-state index < -0.39 is 10.0 Å². The first-order valence-electron chi connectivity index (χ1n) is 10.0. The van der Waals surface area contributed by atoms with E-state index in [0.29, 0.717) is 38.2 Å². The fourth-order valence-electron chi connectivity index (χ4n) is 3.33. The summed E-state index contributed by atoms with van der Waals surface area (Å²) in [6.07, 6.45) is 3.62. The number of aromatic hydroxyl groups is 1. The van der Waals surface area contributed by atoms with Crippen LogP contribution in [0.25, 0.3) is 0 Å². The van der Waals surface area contributed by atoms with Crippen LogP contribution in [0, 0.1) is 0 Å². The highest BCUT2D eigenvalue weighted by atomic mass is 79.9. The van der Waals surface area contributed by atoms with Crippen LogP contribution in [0.3, 0.4) is 0 Å². The van der Waals surface area contributed by atoms with Crippen LogP contribution in [-0.4, -0.2) is 67.6 Å². The van der Waals surface area contributed by atoms with Gasteiger partial charge in [0.15, 0.2) is 0 Å². The normalized spacial score (nSPS) is 15.7. The number of sulfonamides is 1. The third kappa shape index (κ3) is 6.04. The fourth-order valence-corrected chi connectivity index (χ4v) is 5.02. The van der Waals surface area contributed by atoms with Crippen LogP contribution in [0.1, 0.15) is 11.1 Å². The zero-order chi connectivity index (χ0) is 23.1. The molecule has 0 spiro atoms. The molecule has 2 aromatic carbocycles. The van der Waals surface area contributed by atoms with Crippen LogP contribution in [0.4, 0.5) is 0 Å². The number of amides is 1. The summed E-state index contributed by atoms with van der Waals surface area (Å²) in [7, 11) is -3.56. The Morgan fingerprint density at radius 1 is 1.16 bits per heavy atom. The number of carbonyl (C=O) groups is 1. The van der Waals surface area contributed by atoms with Gasteiger partial charge in [0, 0.05) is 36.2 Å². The Hall–Kier alpha value is -2.53. The van der Waals surface area contributed by atoms with E-state index in [-0.39, 0.29) is 23.1 Å². The van der Waals surface area contributed by atoms with E-state index in [1.165, 1.54) is 10.5 Å². The number of piperazine rings is 1. The van der Waals surface area contributed by atoms with Crippen molar-refractivity contribution in [2.75, 3.05) is 32.7 Å². The van der Waals surface area contributed by atoms with Crippen molar-refractivity contribution >= 4 is 38.1 Å². The number of para-hydroxylation sites is 1. The Kier molecular flexibility index (Phi) is 8.19. The van der Waals surface area contributed by atoms with Gasteiger partial charge in [-0.25, -0.2) is 13.8 Å². The minimum absolute atomic E-state index is 0.103. The lowest BCUT2D eigenvalue weighted by molar-refractivity contribution is -0.122. The zero-order valence-corrected chi connectivity index (χ0v) is 19.8. The maximum Gasteiger partial charge on any atom is 0.254 e. The number of hydrogen-bond acceptors (Lipinski definition) is 6. The second-order valence-corrected chi connectivity index (χ2v) is 10.1. The number of allylic oxidation sites excluding steroid dienone is 1. The summed E-state index contributed by atoms with van der Waals surface area (Å²) < 4.78 is 27.8. The molecule has 1 amide bonds. The van der Waals surface area contributed by atoms with Gasteiger partial charge in [-0.15, -0.1) is 6.58 Å². The summed E-state index contributed by atoms with van der Waals surface area (Å²) >= 11 is 3.30. The average molecular weight is 521 g/mol. The zero-order valence-electron chi connectivity index (χ0n) is 17.4. The number of rotatable bonds is 8. The SMILES string of the molecule is C=CCc1cccc(C=NNC(=O)CN2CCN(S(=O)(=O)c3ccc(Br)cc3)CC2)c1O. The third-order valence-electron chi connectivity index (χ3n) is 5.06. The van der Waals surface area contributed by atoms with Gasteiger partial charge in [-0.1, -0.05) is 34.1 Å². The van der Waals surface area contributed by atoms with Crippen molar-refractivity contribution in [3.8, 4) is 5.75 Å². The fraction of sp³-hybridized carbons (Fsp3) is 0.273. The quantitative estimate of drug-likeness (QED) is 0.316. The first kappa shape index (κ1) is 24.1. The highest BCUT2D eigenvalue weighted by molar-refractivity contribution is 9.10. The van der Waals surface area contributed by atoms with Gasteiger partial charge < -0.3 is 5.11 Å². The van der Waals surface area contributed by atoms with Crippen LogP contribution in [0.2, 0.25) is 0 Å². The molecule has 0 radical (unpaired) electrons. The van der Waals surface area contributed by atoms with E-state index in [1.54, 1.807) is 48.5 Å². The molecule has 32 heavy (non-hydrogen) atoms. The maximum atomic E-state index is 12.8. The second-order valence-electron chi connectivity index (χ2n) is 7.28. The van der Waals surface area contributed by atoms with Gasteiger partial charge in [0.1, 0.15) is 5.75 Å². The summed E-state index contributed by atoms with van der Waals surface area (Å²) in [5.41, 5.74) is 3.68. The predicted molar refractivity (Wildman–Crippen MR) is 127 cm³/mol. The number of phenolic OH excluding ortho intramolecular Hbond substituents is 1. The van der Waals surface area contributed by atoms with Crippen molar-refractivity contribution in [1.82, 2.24) is 14.6 Å². The van der Waals surface area contributed by atoms with Crippen molar-refractivity contribution in [1.29, 1.82) is 0 Å². The number of hydrazone groups is 1. The molecule has 0 unspecified atom stereocenters. The lowest BCUT2D eigenvalue weighted by Gasteiger charge is -2.33. The molecule has 2 N–H and O–H groups in total. The molecule has 1 aliphatic heterocycles. The summed E-state index contributed by atoms with van der Waals surface area (Å²) in [5.74, 6) is -0.208. The molecule has 170 valence electrons. The van der Waals surface area contributed by atoms with Gasteiger partial charge in [-0.05, 0) is 42.3 Å². The van der Waals surface area contributed by atoms with Gasteiger partial charge >= 0.3 is 0 Å². The van der Waals surface area contributed by atoms with E-state index in [4.69, 9.17) is 0 Å². The summed E-state index contributed by atoms with van der Waals surface area (Å²) in [6.45, 7) is 5.26. The molecule has 0 atom stereocenters. The molecular weight excluding hydrogens is 496 g/mol. The van der Waals surface area contributed by atoms with E-state index in [1.807, 2.05) is 4.90 Å². The number of nitrogens with one attached hydrogen (secondary N) is 1. The lowest BCUT2D eigenvalue weighted by Crippen LogP contribution is -2.50. The van der Waals surface area contributed by atoms with Crippen LogP contribution < -0.4 is 5.43 Å². The van der Waals surface area contributed by atoms with Crippen LogP contribution in [-0.2, 0) is 21.2 Å². The van der Waals surface area contributed by atoms with E-state index in [2.05, 4.69) is 33.0 Å². The highest BCUT2D eigenvalue weighted by Crippen LogP contribution is 2.22. The van der Waals surface area contributed by atoms with Gasteiger partial charge in [0.05, 0.1) is 17.7 Å². The number of halogens is 1. The number of nitrogens with zero attached hydrogens (tertiary/aromatic N) is 3. The van der Waals surface area contributed by atoms with Crippen LogP contribution >= 0.6 is 15.9 Å². The number of hydrogen-bond donors (Lipinski definition) is 2. The number of carbonyl (C=O) groups excluding carboxylic acids is 1. The van der Waals surface area contributed by atoms with Gasteiger partial charge in [0.2, 0.25) is 10.0 Å². The van der Waals surface area contributed by atoms with Gasteiger partial charge in [-0.2, -0.15) is 9.41 Å². The Bertz CT molecular complexity index is 1100. The Labute approximate surface area is 196 Å². The van der Waals surface area contributed by atoms with Crippen molar-refractivity contribution in [3.63, 3.8) is 0 Å². The molecule has 1 aliphatic rings. The van der Waals surface area contributed by atoms with Crippen molar-refractivity contribution < 1.29 is 18.3 Å². The molecule has 1 heterocycles. The summed E-state index contributed by atoms with van der Waals surface area (Å²) in [5, 5.41) is 14.1. The molecule has 0 bridgehead atoms. The molecule has 2 aromatic rings. The predicted octanol–water partition coefficient (Wildman–Crippen LogP) is 2.34. The summed E-state index contributed by atoms with van der Waals surface area (Å²) in [4.78, 5) is 14.3. The van der Waals surface area contributed by atoms with E-state index in [0.717, 1.165) is 10.0 Å². The summed E-state index contributed by atoms with van der Waals surface area (Å²) in [6, 6.07) is 11.8. The largest absolute Gasteiger partial charge is 0.507 e. The monoisotopic (exact) mass is 520 g/mol. The number of phenols is 1. The average Bonchev–Trinajstić information content (AvgIpc) is 2.77. The Morgan fingerprint density at radius 3 is 2.50 bits per heavy atom. The van der Waals surface area contributed by atoms with Crippen molar-refractivity contribution in [2.45, 2.75) is 11.3 Å². The molecule has 1 fully saturated rings. The molecule has 1 saturated heterocycles. The molecular formula is C22H25BrN4O4S. The van der Waals surface area contributed by atoms with Crippen molar-refractivity contribution in [3.05, 3.63) is 70.7 Å². The third-order valence-corrected chi connectivity index (χ3v) is 7.50. The molecule has 10 heteroatoms. The second kappa shape index (κ2) is 10.9. The molecule has 0 aromatic heterocycles. The lowest BCUT2D eigenvalue weighted by atomic mass is 10.1. The van der Waals surface area contributed by atoms with Crippen molar-refractivity contribution in [2.24, 2.45) is 5.10 Å². The smallest absolute Gasteiger partial charge is 0.254 e. The Balaban J connectivity index is 1.49. The van der Waals surface area contributed by atoms with E-state index >= 15 is 0 Å². The maximum absolute atomic E-state index is 12.8. The van der Waals surface area contributed by atoms with E-state index in [9.17, 15) is 18.3 Å².